The van der Waals surface area contributed by atoms with Crippen molar-refractivity contribution in [1.82, 2.24) is 24.9 Å². The number of hydrogen-bond donors (Lipinski definition) is 2. The minimum atomic E-state index is -0.507. The number of amides is 1. The van der Waals surface area contributed by atoms with E-state index in [9.17, 15) is 4.79 Å². The van der Waals surface area contributed by atoms with Gasteiger partial charge in [-0.05, 0) is 25.5 Å². The van der Waals surface area contributed by atoms with Crippen LogP contribution in [0.5, 0.6) is 0 Å². The first kappa shape index (κ1) is 15.2. The predicted molar refractivity (Wildman–Crippen MR) is 82.5 cm³/mol. The smallest absolute Gasteiger partial charge is 0.269 e. The summed E-state index contributed by atoms with van der Waals surface area (Å²) in [4.78, 5) is 13.5. The molecule has 23 heavy (non-hydrogen) atoms. The highest BCUT2D eigenvalue weighted by atomic mass is 16.1. The molecule has 1 saturated heterocycles. The summed E-state index contributed by atoms with van der Waals surface area (Å²) in [5.74, 6) is -0.177. The first-order valence-corrected chi connectivity index (χ1v) is 7.65. The van der Waals surface area contributed by atoms with Crippen LogP contribution in [-0.4, -0.2) is 50.4 Å². The molecule has 0 saturated carbocycles. The zero-order valence-corrected chi connectivity index (χ0v) is 12.8. The number of rotatable bonds is 5. The van der Waals surface area contributed by atoms with Gasteiger partial charge in [0.1, 0.15) is 11.8 Å². The van der Waals surface area contributed by atoms with E-state index in [0.717, 1.165) is 44.7 Å². The molecule has 2 aromatic heterocycles. The van der Waals surface area contributed by atoms with Gasteiger partial charge >= 0.3 is 0 Å². The van der Waals surface area contributed by atoms with Gasteiger partial charge in [0.15, 0.2) is 0 Å². The predicted octanol–water partition coefficient (Wildman–Crippen LogP) is 0.456. The van der Waals surface area contributed by atoms with Crippen LogP contribution in [-0.2, 0) is 6.54 Å². The van der Waals surface area contributed by atoms with Crippen molar-refractivity contribution in [2.24, 2.45) is 5.73 Å². The molecule has 8 nitrogen and oxygen atoms in total. The summed E-state index contributed by atoms with van der Waals surface area (Å²) < 4.78 is 1.80. The molecule has 3 heterocycles. The molecule has 0 radical (unpaired) electrons. The Kier molecular flexibility index (Phi) is 4.39. The second kappa shape index (κ2) is 6.62. The van der Waals surface area contributed by atoms with E-state index >= 15 is 0 Å². The highest BCUT2D eigenvalue weighted by Gasteiger charge is 2.23. The molecule has 1 unspecified atom stereocenters. The summed E-state index contributed by atoms with van der Waals surface area (Å²) >= 11 is 0. The van der Waals surface area contributed by atoms with Crippen LogP contribution in [0.25, 0.3) is 0 Å². The zero-order valence-electron chi connectivity index (χ0n) is 12.8. The topological polar surface area (TPSA) is 117 Å². The standard InChI is InChI=1S/C15H19N7O/c16-7-11-8-18-22(9-11)5-4-21-3-1-2-12(10-21)13-6-14(15(17)23)20-19-13/h6,8-9,12H,1-5,10H2,(H2,17,23)(H,19,20). The highest BCUT2D eigenvalue weighted by molar-refractivity contribution is 5.90. The number of H-pyrrole nitrogens is 1. The monoisotopic (exact) mass is 313 g/mol. The fourth-order valence-corrected chi connectivity index (χ4v) is 2.97. The lowest BCUT2D eigenvalue weighted by Crippen LogP contribution is -2.36. The first-order valence-electron chi connectivity index (χ1n) is 7.65. The molecule has 120 valence electrons. The molecule has 8 heteroatoms. The molecule has 1 amide bonds. The van der Waals surface area contributed by atoms with E-state index in [1.54, 1.807) is 23.1 Å². The number of nitrogens with one attached hydrogen (secondary N) is 1. The van der Waals surface area contributed by atoms with Gasteiger partial charge in [-0.25, -0.2) is 0 Å². The number of nitrogens with zero attached hydrogens (tertiary/aromatic N) is 5. The Morgan fingerprint density at radius 3 is 3.09 bits per heavy atom. The molecule has 3 rings (SSSR count). The Morgan fingerprint density at radius 1 is 1.52 bits per heavy atom. The van der Waals surface area contributed by atoms with Crippen molar-refractivity contribution in [3.05, 3.63) is 35.4 Å². The normalized spacial score (nSPS) is 18.7. The van der Waals surface area contributed by atoms with Crippen molar-refractivity contribution in [2.75, 3.05) is 19.6 Å². The highest BCUT2D eigenvalue weighted by Crippen LogP contribution is 2.25. The van der Waals surface area contributed by atoms with Crippen molar-refractivity contribution >= 4 is 5.91 Å². The number of aromatic amines is 1. The van der Waals surface area contributed by atoms with Crippen LogP contribution in [0, 0.1) is 11.3 Å². The number of aromatic nitrogens is 4. The molecule has 0 aliphatic carbocycles. The Balaban J connectivity index is 1.57. The third kappa shape index (κ3) is 3.57. The molecular weight excluding hydrogens is 294 g/mol. The second-order valence-electron chi connectivity index (χ2n) is 5.82. The fraction of sp³-hybridized carbons (Fsp3) is 0.467. The zero-order chi connectivity index (χ0) is 16.2. The number of carbonyl (C=O) groups excluding carboxylic acids is 1. The van der Waals surface area contributed by atoms with Crippen molar-refractivity contribution < 1.29 is 4.79 Å². The Hall–Kier alpha value is -2.66. The van der Waals surface area contributed by atoms with E-state index in [-0.39, 0.29) is 5.69 Å². The van der Waals surface area contributed by atoms with Crippen molar-refractivity contribution in [3.63, 3.8) is 0 Å². The van der Waals surface area contributed by atoms with Gasteiger partial charge in [-0.3, -0.25) is 14.6 Å². The van der Waals surface area contributed by atoms with Crippen LogP contribution in [0.1, 0.15) is 40.5 Å². The maximum Gasteiger partial charge on any atom is 0.269 e. The maximum atomic E-state index is 11.1. The molecule has 2 aromatic rings. The molecule has 1 aliphatic rings. The van der Waals surface area contributed by atoms with Gasteiger partial charge in [-0.1, -0.05) is 0 Å². The molecule has 0 aromatic carbocycles. The minimum Gasteiger partial charge on any atom is -0.364 e. The average Bonchev–Trinajstić information content (AvgIpc) is 3.22. The van der Waals surface area contributed by atoms with E-state index < -0.39 is 5.91 Å². The Morgan fingerprint density at radius 2 is 2.39 bits per heavy atom. The number of nitrogens with two attached hydrogens (primary N) is 1. The Bertz CT molecular complexity index is 726. The number of carbonyl (C=O) groups is 1. The van der Waals surface area contributed by atoms with Gasteiger partial charge in [0, 0.05) is 30.9 Å². The first-order chi connectivity index (χ1) is 11.2. The van der Waals surface area contributed by atoms with Crippen LogP contribution in [0.2, 0.25) is 0 Å². The summed E-state index contributed by atoms with van der Waals surface area (Å²) in [6.45, 7) is 3.58. The summed E-state index contributed by atoms with van der Waals surface area (Å²) in [5.41, 5.74) is 7.08. The van der Waals surface area contributed by atoms with Crippen LogP contribution in [0.15, 0.2) is 18.5 Å². The van der Waals surface area contributed by atoms with Crippen molar-refractivity contribution in [2.45, 2.75) is 25.3 Å². The van der Waals surface area contributed by atoms with Crippen LogP contribution in [0.4, 0.5) is 0 Å². The van der Waals surface area contributed by atoms with Crippen molar-refractivity contribution in [3.8, 4) is 6.07 Å². The minimum absolute atomic E-state index is 0.290. The lowest BCUT2D eigenvalue weighted by atomic mass is 9.94. The molecule has 1 aliphatic heterocycles. The van der Waals surface area contributed by atoms with Gasteiger partial charge in [-0.15, -0.1) is 0 Å². The largest absolute Gasteiger partial charge is 0.364 e. The van der Waals surface area contributed by atoms with Gasteiger partial charge in [0.25, 0.3) is 5.91 Å². The average molecular weight is 313 g/mol. The Labute approximate surface area is 133 Å². The SMILES string of the molecule is N#Cc1cnn(CCN2CCCC(c3cc(C(N)=O)n[nH]3)C2)c1. The number of hydrogen-bond acceptors (Lipinski definition) is 5. The fourth-order valence-electron chi connectivity index (χ4n) is 2.97. The third-order valence-electron chi connectivity index (χ3n) is 4.20. The van der Waals surface area contributed by atoms with Gasteiger partial charge in [0.2, 0.25) is 0 Å². The number of piperidine rings is 1. The molecule has 0 spiro atoms. The lowest BCUT2D eigenvalue weighted by Gasteiger charge is -2.32. The maximum absolute atomic E-state index is 11.1. The summed E-state index contributed by atoms with van der Waals surface area (Å²) in [7, 11) is 0. The van der Waals surface area contributed by atoms with Gasteiger partial charge in [-0.2, -0.15) is 15.5 Å². The summed E-state index contributed by atoms with van der Waals surface area (Å²) in [6.07, 6.45) is 5.50. The second-order valence-corrected chi connectivity index (χ2v) is 5.82. The summed E-state index contributed by atoms with van der Waals surface area (Å²) in [5, 5.41) is 19.9. The summed E-state index contributed by atoms with van der Waals surface area (Å²) in [6, 6.07) is 3.83. The number of likely N-dealkylation sites (tertiary alicyclic amines) is 1. The molecule has 0 bridgehead atoms. The van der Waals surface area contributed by atoms with Crippen LogP contribution >= 0.6 is 0 Å². The molecule has 1 fully saturated rings. The van der Waals surface area contributed by atoms with E-state index in [1.165, 1.54) is 0 Å². The lowest BCUT2D eigenvalue weighted by molar-refractivity contribution is 0.0995. The van der Waals surface area contributed by atoms with Gasteiger partial charge in [0.05, 0.1) is 18.3 Å². The van der Waals surface area contributed by atoms with Crippen LogP contribution in [0.3, 0.4) is 0 Å². The molecule has 3 N–H and O–H groups in total. The van der Waals surface area contributed by atoms with Crippen molar-refractivity contribution in [1.29, 1.82) is 5.26 Å². The third-order valence-corrected chi connectivity index (χ3v) is 4.20. The van der Waals surface area contributed by atoms with E-state index in [1.807, 2.05) is 0 Å². The number of nitriles is 1. The van der Waals surface area contributed by atoms with E-state index in [4.69, 9.17) is 11.0 Å². The molecule has 1 atom stereocenters. The quantitative estimate of drug-likeness (QED) is 0.831. The number of primary amides is 1. The van der Waals surface area contributed by atoms with Crippen LogP contribution < -0.4 is 5.73 Å². The molecular formula is C15H19N7O. The van der Waals surface area contributed by atoms with Gasteiger partial charge < -0.3 is 10.6 Å². The van der Waals surface area contributed by atoms with E-state index in [0.29, 0.717) is 11.5 Å². The van der Waals surface area contributed by atoms with E-state index in [2.05, 4.69) is 26.3 Å².